The Morgan fingerprint density at radius 1 is 1.40 bits per heavy atom. The number of aryl methyl sites for hydroxylation is 2. The van der Waals surface area contributed by atoms with Crippen molar-refractivity contribution in [3.05, 3.63) is 12.0 Å². The molecule has 0 saturated carbocycles. The summed E-state index contributed by atoms with van der Waals surface area (Å²) in [6.07, 6.45) is 3.85. The first-order valence-electron chi connectivity index (χ1n) is 7.36. The van der Waals surface area contributed by atoms with Gasteiger partial charge in [0.2, 0.25) is 0 Å². The molecule has 1 N–H and O–H groups in total. The zero-order valence-corrected chi connectivity index (χ0v) is 12.4. The third kappa shape index (κ3) is 2.35. The van der Waals surface area contributed by atoms with Gasteiger partial charge in [0, 0.05) is 39.1 Å². The van der Waals surface area contributed by atoms with E-state index >= 15 is 0 Å². The fraction of sp³-hybridized carbons (Fsp3) is 0.643. The van der Waals surface area contributed by atoms with Gasteiger partial charge in [0.15, 0.2) is 5.65 Å². The zero-order chi connectivity index (χ0) is 14.1. The Bertz CT molecular complexity index is 605. The maximum absolute atomic E-state index is 4.80. The average Bonchev–Trinajstić information content (AvgIpc) is 2.80. The van der Waals surface area contributed by atoms with Gasteiger partial charge < -0.3 is 10.2 Å². The smallest absolute Gasteiger partial charge is 0.163 e. The van der Waals surface area contributed by atoms with Crippen molar-refractivity contribution in [3.63, 3.8) is 0 Å². The first-order chi connectivity index (χ1) is 9.69. The van der Waals surface area contributed by atoms with Crippen LogP contribution < -0.4 is 10.2 Å². The van der Waals surface area contributed by atoms with Crippen molar-refractivity contribution in [1.82, 2.24) is 25.1 Å². The van der Waals surface area contributed by atoms with Gasteiger partial charge in [0.05, 0.1) is 11.6 Å². The number of aromatic nitrogens is 4. The van der Waals surface area contributed by atoms with Crippen LogP contribution in [0.25, 0.3) is 11.0 Å². The summed E-state index contributed by atoms with van der Waals surface area (Å²) >= 11 is 0. The fourth-order valence-corrected chi connectivity index (χ4v) is 2.75. The molecule has 1 atom stereocenters. The van der Waals surface area contributed by atoms with Gasteiger partial charge in [0.25, 0.3) is 0 Å². The van der Waals surface area contributed by atoms with Crippen LogP contribution in [0, 0.1) is 0 Å². The van der Waals surface area contributed by atoms with Crippen LogP contribution in [0.4, 0.5) is 5.82 Å². The Balaban J connectivity index is 2.07. The van der Waals surface area contributed by atoms with Gasteiger partial charge in [-0.05, 0) is 13.3 Å². The van der Waals surface area contributed by atoms with Crippen LogP contribution in [0.15, 0.2) is 6.20 Å². The summed E-state index contributed by atoms with van der Waals surface area (Å²) in [6, 6.07) is 0.486. The van der Waals surface area contributed by atoms with E-state index in [1.807, 2.05) is 17.9 Å². The molecule has 0 aromatic carbocycles. The maximum atomic E-state index is 4.80. The minimum absolute atomic E-state index is 0.486. The van der Waals surface area contributed by atoms with Crippen LogP contribution in [-0.2, 0) is 13.5 Å². The van der Waals surface area contributed by atoms with E-state index in [1.165, 1.54) is 0 Å². The van der Waals surface area contributed by atoms with Crippen LogP contribution in [0.2, 0.25) is 0 Å². The van der Waals surface area contributed by atoms with Crippen molar-refractivity contribution in [2.45, 2.75) is 32.7 Å². The predicted octanol–water partition coefficient (Wildman–Crippen LogP) is 1.11. The topological polar surface area (TPSA) is 58.9 Å². The highest BCUT2D eigenvalue weighted by Gasteiger charge is 2.21. The number of hydrogen-bond donors (Lipinski definition) is 1. The summed E-state index contributed by atoms with van der Waals surface area (Å²) < 4.78 is 1.84. The number of nitrogens with zero attached hydrogens (tertiary/aromatic N) is 5. The molecule has 108 valence electrons. The molecule has 20 heavy (non-hydrogen) atoms. The Hall–Kier alpha value is -1.69. The lowest BCUT2D eigenvalue weighted by Gasteiger charge is -2.33. The molecule has 0 unspecified atom stereocenters. The third-order valence-corrected chi connectivity index (χ3v) is 3.76. The van der Waals surface area contributed by atoms with E-state index < -0.39 is 0 Å². The number of fused-ring (bicyclic) bond motifs is 1. The van der Waals surface area contributed by atoms with Crippen molar-refractivity contribution < 1.29 is 0 Å². The van der Waals surface area contributed by atoms with Crippen LogP contribution >= 0.6 is 0 Å². The molecule has 0 amide bonds. The average molecular weight is 274 g/mol. The molecule has 1 saturated heterocycles. The van der Waals surface area contributed by atoms with E-state index in [0.717, 1.165) is 55.2 Å². The van der Waals surface area contributed by atoms with Crippen LogP contribution in [0.3, 0.4) is 0 Å². The molecule has 3 rings (SSSR count). The van der Waals surface area contributed by atoms with Gasteiger partial charge in [-0.3, -0.25) is 4.68 Å². The van der Waals surface area contributed by atoms with Crippen LogP contribution in [0.5, 0.6) is 0 Å². The van der Waals surface area contributed by atoms with Crippen LogP contribution in [0.1, 0.15) is 26.1 Å². The summed E-state index contributed by atoms with van der Waals surface area (Å²) in [4.78, 5) is 11.8. The fourth-order valence-electron chi connectivity index (χ4n) is 2.75. The van der Waals surface area contributed by atoms with Crippen molar-refractivity contribution in [2.75, 3.05) is 24.5 Å². The zero-order valence-electron chi connectivity index (χ0n) is 12.4. The minimum atomic E-state index is 0.486. The highest BCUT2D eigenvalue weighted by atomic mass is 15.3. The summed E-state index contributed by atoms with van der Waals surface area (Å²) in [6.45, 7) is 7.32. The Labute approximate surface area is 119 Å². The second kappa shape index (κ2) is 5.36. The van der Waals surface area contributed by atoms with E-state index in [2.05, 4.69) is 34.1 Å². The van der Waals surface area contributed by atoms with Gasteiger partial charge in [0.1, 0.15) is 11.6 Å². The number of nitrogens with one attached hydrogen (secondary N) is 1. The summed E-state index contributed by atoms with van der Waals surface area (Å²) in [5, 5.41) is 8.87. The quantitative estimate of drug-likeness (QED) is 0.908. The van der Waals surface area contributed by atoms with E-state index in [1.54, 1.807) is 0 Å². The van der Waals surface area contributed by atoms with Crippen molar-refractivity contribution >= 4 is 16.9 Å². The molecule has 1 aliphatic rings. The summed E-state index contributed by atoms with van der Waals surface area (Å²) in [5.74, 6) is 1.96. The van der Waals surface area contributed by atoms with E-state index in [9.17, 15) is 0 Å². The molecule has 1 aliphatic heterocycles. The Morgan fingerprint density at radius 3 is 3.00 bits per heavy atom. The molecule has 0 radical (unpaired) electrons. The highest BCUT2D eigenvalue weighted by Crippen LogP contribution is 2.24. The van der Waals surface area contributed by atoms with Gasteiger partial charge in [-0.1, -0.05) is 6.92 Å². The number of anilines is 1. The lowest BCUT2D eigenvalue weighted by Crippen LogP contribution is -2.49. The predicted molar refractivity (Wildman–Crippen MR) is 80.0 cm³/mol. The van der Waals surface area contributed by atoms with E-state index in [-0.39, 0.29) is 0 Å². The second-order valence-electron chi connectivity index (χ2n) is 5.52. The molecule has 0 spiro atoms. The molecule has 0 aliphatic carbocycles. The molecule has 1 fully saturated rings. The molecular weight excluding hydrogens is 252 g/mol. The van der Waals surface area contributed by atoms with Gasteiger partial charge >= 0.3 is 0 Å². The summed E-state index contributed by atoms with van der Waals surface area (Å²) in [7, 11) is 1.94. The standard InChI is InChI=1S/C14H22N6/c1-4-5-12-17-13-11(8-16-19(13)3)14(18-12)20-7-6-15-10(2)9-20/h8,10,15H,4-7,9H2,1-3H3/t10-/m0/s1. The Morgan fingerprint density at radius 2 is 2.25 bits per heavy atom. The first-order valence-corrected chi connectivity index (χ1v) is 7.36. The molecule has 6 nitrogen and oxygen atoms in total. The molecule has 0 bridgehead atoms. The SMILES string of the molecule is CCCc1nc(N2CCN[C@@H](C)C2)c2cnn(C)c2n1. The largest absolute Gasteiger partial charge is 0.353 e. The van der Waals surface area contributed by atoms with Crippen molar-refractivity contribution in [1.29, 1.82) is 0 Å². The van der Waals surface area contributed by atoms with Gasteiger partial charge in [-0.15, -0.1) is 0 Å². The monoisotopic (exact) mass is 274 g/mol. The first kappa shape index (κ1) is 13.3. The van der Waals surface area contributed by atoms with Crippen LogP contribution in [-0.4, -0.2) is 45.4 Å². The van der Waals surface area contributed by atoms with Crippen molar-refractivity contribution in [3.8, 4) is 0 Å². The number of rotatable bonds is 3. The van der Waals surface area contributed by atoms with Gasteiger partial charge in [-0.2, -0.15) is 5.10 Å². The molecule has 6 heteroatoms. The molecular formula is C14H22N6. The molecule has 2 aromatic rings. The van der Waals surface area contributed by atoms with Crippen molar-refractivity contribution in [2.24, 2.45) is 7.05 Å². The second-order valence-corrected chi connectivity index (χ2v) is 5.52. The third-order valence-electron chi connectivity index (χ3n) is 3.76. The van der Waals surface area contributed by atoms with E-state index in [0.29, 0.717) is 6.04 Å². The number of piperazine rings is 1. The van der Waals surface area contributed by atoms with E-state index in [4.69, 9.17) is 4.98 Å². The maximum Gasteiger partial charge on any atom is 0.163 e. The highest BCUT2D eigenvalue weighted by molar-refractivity contribution is 5.87. The Kier molecular flexibility index (Phi) is 3.56. The minimum Gasteiger partial charge on any atom is -0.353 e. The number of hydrogen-bond acceptors (Lipinski definition) is 5. The lowest BCUT2D eigenvalue weighted by molar-refractivity contribution is 0.482. The van der Waals surface area contributed by atoms with Gasteiger partial charge in [-0.25, -0.2) is 9.97 Å². The summed E-state index contributed by atoms with van der Waals surface area (Å²) in [5.41, 5.74) is 0.935. The normalized spacial score (nSPS) is 19.8. The molecule has 2 aromatic heterocycles. The molecule has 3 heterocycles. The lowest BCUT2D eigenvalue weighted by atomic mass is 10.2.